The molecule has 2 aromatic rings. The summed E-state index contributed by atoms with van der Waals surface area (Å²) in [6.45, 7) is 5.94. The smallest absolute Gasteiger partial charge is 0.189 e. The lowest BCUT2D eigenvalue weighted by molar-refractivity contribution is -0.255. The van der Waals surface area contributed by atoms with Gasteiger partial charge in [0.1, 0.15) is 0 Å². The average Bonchev–Trinajstić information content (AvgIpc) is 2.53. The Hall–Kier alpha value is -2.86. The Morgan fingerprint density at radius 3 is 2.43 bits per heavy atom. The minimum Gasteiger partial charge on any atom is -0.545 e. The Balaban J connectivity index is 1.90. The molecule has 0 radical (unpaired) electrons. The van der Waals surface area contributed by atoms with Gasteiger partial charge in [-0.15, -0.1) is 0 Å². The fourth-order valence-electron chi connectivity index (χ4n) is 1.85. The molecular weight excluding hydrogens is 310 g/mol. The Bertz CT molecular complexity index is 742. The van der Waals surface area contributed by atoms with Crippen LogP contribution in [-0.4, -0.2) is 11.1 Å². The van der Waals surface area contributed by atoms with E-state index >= 15 is 0 Å². The van der Waals surface area contributed by atoms with Crippen LogP contribution >= 0.6 is 12.2 Å². The van der Waals surface area contributed by atoms with Crippen molar-refractivity contribution < 1.29 is 9.90 Å². The number of rotatable bonds is 5. The van der Waals surface area contributed by atoms with Gasteiger partial charge in [0.15, 0.2) is 5.11 Å². The summed E-state index contributed by atoms with van der Waals surface area (Å²) in [6, 6.07) is 14.1. The van der Waals surface area contributed by atoms with Crippen molar-refractivity contribution in [3.63, 3.8) is 0 Å². The molecule has 0 aliphatic rings. The summed E-state index contributed by atoms with van der Waals surface area (Å²) in [6.07, 6.45) is 0. The van der Waals surface area contributed by atoms with Crippen LogP contribution in [0.1, 0.15) is 21.5 Å². The molecule has 3 N–H and O–H groups in total. The van der Waals surface area contributed by atoms with Gasteiger partial charge in [-0.25, -0.2) is 0 Å². The number of carbonyl (C=O) groups excluding carboxylic acids is 1. The molecule has 6 heteroatoms. The van der Waals surface area contributed by atoms with Crippen LogP contribution in [0.3, 0.4) is 0 Å². The summed E-state index contributed by atoms with van der Waals surface area (Å²) in [5, 5.41) is 14.0. The normalized spacial score (nSPS) is 9.78. The number of hydrazine groups is 1. The predicted octanol–water partition coefficient (Wildman–Crippen LogP) is 1.82. The van der Waals surface area contributed by atoms with Crippen LogP contribution in [0.4, 0.5) is 5.69 Å². The van der Waals surface area contributed by atoms with Crippen molar-refractivity contribution in [2.24, 2.45) is 0 Å². The molecular formula is C17H16N3O2S-. The van der Waals surface area contributed by atoms with E-state index in [-0.39, 0.29) is 10.7 Å². The van der Waals surface area contributed by atoms with E-state index in [0.29, 0.717) is 11.4 Å². The maximum Gasteiger partial charge on any atom is 0.189 e. The SMILES string of the molecule is C=C(NNC(=S)Nc1cccc(C(=O)[O-])c1)c1ccc(C)cc1. The molecule has 118 valence electrons. The Morgan fingerprint density at radius 2 is 1.78 bits per heavy atom. The Labute approximate surface area is 140 Å². The number of thiocarbonyl (C=S) groups is 1. The maximum absolute atomic E-state index is 10.8. The van der Waals surface area contributed by atoms with E-state index in [1.807, 2.05) is 31.2 Å². The molecule has 2 aromatic carbocycles. The number of hydrogen-bond donors (Lipinski definition) is 3. The van der Waals surface area contributed by atoms with Crippen molar-refractivity contribution in [2.45, 2.75) is 6.92 Å². The molecule has 0 heterocycles. The number of benzene rings is 2. The van der Waals surface area contributed by atoms with Crippen molar-refractivity contribution >= 4 is 34.7 Å². The standard InChI is InChI=1S/C17H17N3O2S/c1-11-6-8-13(9-7-11)12(2)19-20-17(23)18-15-5-3-4-14(10-15)16(21)22/h3-10,19H,2H2,1H3,(H,21,22)(H2,18,20,23)/p-1. The molecule has 23 heavy (non-hydrogen) atoms. The topological polar surface area (TPSA) is 76.2 Å². The molecule has 0 fully saturated rings. The van der Waals surface area contributed by atoms with Gasteiger partial charge >= 0.3 is 0 Å². The number of carboxylic acids is 1. The van der Waals surface area contributed by atoms with Gasteiger partial charge in [-0.3, -0.25) is 10.9 Å². The Morgan fingerprint density at radius 1 is 1.09 bits per heavy atom. The zero-order valence-corrected chi connectivity index (χ0v) is 13.4. The van der Waals surface area contributed by atoms with E-state index in [1.165, 1.54) is 17.7 Å². The highest BCUT2D eigenvalue weighted by molar-refractivity contribution is 7.80. The van der Waals surface area contributed by atoms with Crippen LogP contribution < -0.4 is 21.3 Å². The van der Waals surface area contributed by atoms with Crippen LogP contribution in [0.5, 0.6) is 0 Å². The summed E-state index contributed by atoms with van der Waals surface area (Å²) in [5.41, 5.74) is 9.09. The molecule has 0 unspecified atom stereocenters. The summed E-state index contributed by atoms with van der Waals surface area (Å²) in [5.74, 6) is -1.24. The van der Waals surface area contributed by atoms with E-state index in [1.54, 1.807) is 12.1 Å². The van der Waals surface area contributed by atoms with Gasteiger partial charge in [-0.1, -0.05) is 48.5 Å². The minimum absolute atomic E-state index is 0.0785. The van der Waals surface area contributed by atoms with Gasteiger partial charge in [0, 0.05) is 5.69 Å². The first-order valence-electron chi connectivity index (χ1n) is 6.86. The van der Waals surface area contributed by atoms with Crippen LogP contribution in [0.15, 0.2) is 55.1 Å². The highest BCUT2D eigenvalue weighted by Gasteiger charge is 2.01. The highest BCUT2D eigenvalue weighted by Crippen LogP contribution is 2.11. The van der Waals surface area contributed by atoms with Crippen LogP contribution in [0.2, 0.25) is 0 Å². The maximum atomic E-state index is 10.8. The van der Waals surface area contributed by atoms with Gasteiger partial charge in [0.2, 0.25) is 0 Å². The van der Waals surface area contributed by atoms with E-state index in [9.17, 15) is 9.90 Å². The number of aryl methyl sites for hydroxylation is 1. The average molecular weight is 326 g/mol. The van der Waals surface area contributed by atoms with Crippen LogP contribution in [0.25, 0.3) is 5.70 Å². The first-order valence-corrected chi connectivity index (χ1v) is 7.27. The molecule has 0 atom stereocenters. The van der Waals surface area contributed by atoms with Crippen molar-refractivity contribution in [3.05, 3.63) is 71.8 Å². The largest absolute Gasteiger partial charge is 0.545 e. The third-order valence-electron chi connectivity index (χ3n) is 3.08. The van der Waals surface area contributed by atoms with Crippen molar-refractivity contribution in [1.29, 1.82) is 0 Å². The molecule has 0 saturated heterocycles. The molecule has 0 spiro atoms. The van der Waals surface area contributed by atoms with E-state index in [0.717, 1.165) is 5.56 Å². The third-order valence-corrected chi connectivity index (χ3v) is 3.29. The number of carboxylic acid groups (broad SMARTS) is 1. The second kappa shape index (κ2) is 7.42. The van der Waals surface area contributed by atoms with E-state index in [4.69, 9.17) is 12.2 Å². The molecule has 0 aliphatic carbocycles. The quantitative estimate of drug-likeness (QED) is 0.575. The van der Waals surface area contributed by atoms with Gasteiger partial charge in [0.25, 0.3) is 0 Å². The zero-order valence-electron chi connectivity index (χ0n) is 12.6. The van der Waals surface area contributed by atoms with Crippen LogP contribution in [-0.2, 0) is 0 Å². The van der Waals surface area contributed by atoms with Crippen molar-refractivity contribution in [3.8, 4) is 0 Å². The monoisotopic (exact) mass is 326 g/mol. The van der Waals surface area contributed by atoms with E-state index < -0.39 is 5.97 Å². The van der Waals surface area contributed by atoms with Gasteiger partial charge in [-0.2, -0.15) is 0 Å². The predicted molar refractivity (Wildman–Crippen MR) is 93.5 cm³/mol. The van der Waals surface area contributed by atoms with E-state index in [2.05, 4.69) is 22.7 Å². The molecule has 0 saturated carbocycles. The zero-order chi connectivity index (χ0) is 16.8. The second-order valence-corrected chi connectivity index (χ2v) is 5.33. The number of aromatic carboxylic acids is 1. The number of hydrogen-bond acceptors (Lipinski definition) is 4. The fourth-order valence-corrected chi connectivity index (χ4v) is 2.01. The second-order valence-electron chi connectivity index (χ2n) is 4.92. The van der Waals surface area contributed by atoms with Crippen molar-refractivity contribution in [1.82, 2.24) is 10.9 Å². The lowest BCUT2D eigenvalue weighted by Crippen LogP contribution is -2.38. The highest BCUT2D eigenvalue weighted by atomic mass is 32.1. The molecule has 0 amide bonds. The summed E-state index contributed by atoms with van der Waals surface area (Å²) >= 11 is 5.15. The summed E-state index contributed by atoms with van der Waals surface area (Å²) in [4.78, 5) is 10.8. The fraction of sp³-hybridized carbons (Fsp3) is 0.0588. The Kier molecular flexibility index (Phi) is 5.32. The number of carbonyl (C=O) groups is 1. The molecule has 0 bridgehead atoms. The minimum atomic E-state index is -1.24. The van der Waals surface area contributed by atoms with Gasteiger partial charge in [0.05, 0.1) is 11.7 Å². The number of anilines is 1. The first kappa shape index (κ1) is 16.5. The lowest BCUT2D eigenvalue weighted by atomic mass is 10.1. The lowest BCUT2D eigenvalue weighted by Gasteiger charge is -2.15. The summed E-state index contributed by atoms with van der Waals surface area (Å²) in [7, 11) is 0. The van der Waals surface area contributed by atoms with Crippen molar-refractivity contribution in [2.75, 3.05) is 5.32 Å². The molecule has 0 aliphatic heterocycles. The third kappa shape index (κ3) is 4.82. The summed E-state index contributed by atoms with van der Waals surface area (Å²) < 4.78 is 0. The molecule has 2 rings (SSSR count). The first-order chi connectivity index (χ1) is 11.0. The van der Waals surface area contributed by atoms with Crippen LogP contribution in [0, 0.1) is 6.92 Å². The molecule has 5 nitrogen and oxygen atoms in total. The molecule has 0 aromatic heterocycles. The van der Waals surface area contributed by atoms with Gasteiger partial charge in [-0.05, 0) is 42.4 Å². The van der Waals surface area contributed by atoms with Gasteiger partial charge < -0.3 is 15.2 Å². The number of nitrogens with one attached hydrogen (secondary N) is 3.